The Hall–Kier alpha value is -4.52. The Morgan fingerprint density at radius 2 is 1.69 bits per heavy atom. The number of benzene rings is 3. The second kappa shape index (κ2) is 9.26. The largest absolute Gasteiger partial charge is 0.507 e. The number of para-hydroxylation sites is 1. The zero-order valence-corrected chi connectivity index (χ0v) is 20.4. The molecule has 1 aromatic heterocycles. The van der Waals surface area contributed by atoms with Crippen LogP contribution < -0.4 is 14.5 Å². The number of fused-ring (bicyclic) bond motifs is 1. The molecule has 5 rings (SSSR count). The topological polar surface area (TPSA) is 85.9 Å². The van der Waals surface area contributed by atoms with Gasteiger partial charge in [-0.1, -0.05) is 30.3 Å². The van der Waals surface area contributed by atoms with Gasteiger partial charge in [0.25, 0.3) is 11.7 Å². The van der Waals surface area contributed by atoms with Crippen LogP contribution in [0.25, 0.3) is 16.7 Å². The number of nitrogens with zero attached hydrogens (tertiary/aromatic N) is 2. The van der Waals surface area contributed by atoms with Crippen LogP contribution in [0.4, 0.5) is 11.4 Å². The number of nitrogens with one attached hydrogen (secondary N) is 1. The smallest absolute Gasteiger partial charge is 0.300 e. The molecule has 1 unspecified atom stereocenters. The fourth-order valence-corrected chi connectivity index (χ4v) is 4.65. The minimum atomic E-state index is -0.798. The molecule has 1 fully saturated rings. The highest BCUT2D eigenvalue weighted by Crippen LogP contribution is 2.43. The van der Waals surface area contributed by atoms with Gasteiger partial charge in [-0.15, -0.1) is 0 Å². The van der Waals surface area contributed by atoms with Gasteiger partial charge >= 0.3 is 0 Å². The molecule has 1 saturated heterocycles. The van der Waals surface area contributed by atoms with Crippen molar-refractivity contribution in [2.24, 2.45) is 0 Å². The number of amides is 1. The first kappa shape index (κ1) is 23.2. The van der Waals surface area contributed by atoms with E-state index in [1.54, 1.807) is 30.5 Å². The van der Waals surface area contributed by atoms with Crippen LogP contribution in [-0.2, 0) is 9.59 Å². The van der Waals surface area contributed by atoms with Crippen LogP contribution in [0, 0.1) is 0 Å². The number of carbonyl (C=O) groups is 2. The summed E-state index contributed by atoms with van der Waals surface area (Å²) in [5.41, 5.74) is 3.59. The summed E-state index contributed by atoms with van der Waals surface area (Å²) < 4.78 is 5.54. The lowest BCUT2D eigenvalue weighted by Gasteiger charge is -2.26. The Morgan fingerprint density at radius 3 is 2.36 bits per heavy atom. The SMILES string of the molecule is CCOc1ccc(N2C(=O)C(=O)/C(=C(\O)c3c[nH]c4ccccc34)C2c2ccc(N(C)C)cc2)cc1. The van der Waals surface area contributed by atoms with Gasteiger partial charge < -0.3 is 19.7 Å². The van der Waals surface area contributed by atoms with Gasteiger partial charge in [-0.25, -0.2) is 0 Å². The summed E-state index contributed by atoms with van der Waals surface area (Å²) in [5, 5.41) is 12.2. The highest BCUT2D eigenvalue weighted by Gasteiger charge is 2.47. The number of anilines is 2. The monoisotopic (exact) mass is 481 g/mol. The van der Waals surface area contributed by atoms with Crippen LogP contribution in [0.1, 0.15) is 24.1 Å². The first-order valence-corrected chi connectivity index (χ1v) is 11.8. The van der Waals surface area contributed by atoms with E-state index in [0.717, 1.165) is 22.2 Å². The van der Waals surface area contributed by atoms with Crippen LogP contribution in [0.2, 0.25) is 0 Å². The quantitative estimate of drug-likeness (QED) is 0.223. The van der Waals surface area contributed by atoms with E-state index in [9.17, 15) is 14.7 Å². The lowest BCUT2D eigenvalue weighted by molar-refractivity contribution is -0.132. The summed E-state index contributed by atoms with van der Waals surface area (Å²) in [6.45, 7) is 2.42. The first-order chi connectivity index (χ1) is 17.4. The number of ether oxygens (including phenoxy) is 1. The molecule has 0 aliphatic carbocycles. The van der Waals surface area contributed by atoms with Crippen LogP contribution in [0.15, 0.2) is 84.6 Å². The fourth-order valence-electron chi connectivity index (χ4n) is 4.65. The maximum absolute atomic E-state index is 13.4. The second-order valence-electron chi connectivity index (χ2n) is 8.83. The third kappa shape index (κ3) is 3.88. The molecular formula is C29H27N3O4. The van der Waals surface area contributed by atoms with E-state index >= 15 is 0 Å². The Balaban J connectivity index is 1.69. The summed E-state index contributed by atoms with van der Waals surface area (Å²) in [6.07, 6.45) is 1.66. The van der Waals surface area contributed by atoms with E-state index in [1.165, 1.54) is 4.90 Å². The number of hydrogen-bond acceptors (Lipinski definition) is 5. The van der Waals surface area contributed by atoms with Crippen molar-refractivity contribution in [3.8, 4) is 5.75 Å². The Kier molecular flexibility index (Phi) is 5.98. The van der Waals surface area contributed by atoms with Crippen molar-refractivity contribution in [3.05, 3.63) is 95.7 Å². The van der Waals surface area contributed by atoms with E-state index in [0.29, 0.717) is 23.6 Å². The molecule has 0 radical (unpaired) electrons. The number of aromatic nitrogens is 1. The predicted molar refractivity (Wildman–Crippen MR) is 141 cm³/mol. The van der Waals surface area contributed by atoms with Crippen LogP contribution in [0.5, 0.6) is 5.75 Å². The third-order valence-corrected chi connectivity index (χ3v) is 6.44. The average Bonchev–Trinajstić information content (AvgIpc) is 3.43. The van der Waals surface area contributed by atoms with E-state index in [4.69, 9.17) is 4.74 Å². The van der Waals surface area contributed by atoms with Gasteiger partial charge in [0.2, 0.25) is 0 Å². The number of rotatable bonds is 6. The number of carbonyl (C=O) groups excluding carboxylic acids is 2. The van der Waals surface area contributed by atoms with Crippen molar-refractivity contribution in [2.45, 2.75) is 13.0 Å². The van der Waals surface area contributed by atoms with Gasteiger partial charge in [0.05, 0.1) is 18.2 Å². The highest BCUT2D eigenvalue weighted by molar-refractivity contribution is 6.51. The minimum Gasteiger partial charge on any atom is -0.507 e. The molecule has 2 N–H and O–H groups in total. The Morgan fingerprint density at radius 1 is 1.00 bits per heavy atom. The van der Waals surface area contributed by atoms with Gasteiger partial charge in [0.1, 0.15) is 11.5 Å². The van der Waals surface area contributed by atoms with E-state index in [2.05, 4.69) is 4.98 Å². The molecule has 0 saturated carbocycles. The molecule has 1 aliphatic heterocycles. The minimum absolute atomic E-state index is 0.0521. The van der Waals surface area contributed by atoms with Gasteiger partial charge in [-0.05, 0) is 55.0 Å². The fraction of sp³-hybridized carbons (Fsp3) is 0.172. The molecule has 2 heterocycles. The predicted octanol–water partition coefficient (Wildman–Crippen LogP) is 5.26. The van der Waals surface area contributed by atoms with Crippen molar-refractivity contribution in [1.82, 2.24) is 4.98 Å². The molecule has 1 amide bonds. The van der Waals surface area contributed by atoms with Crippen molar-refractivity contribution in [2.75, 3.05) is 30.5 Å². The molecule has 182 valence electrons. The summed E-state index contributed by atoms with van der Waals surface area (Å²) in [7, 11) is 3.88. The number of aliphatic hydroxyl groups excluding tert-OH is 1. The molecule has 7 heteroatoms. The maximum atomic E-state index is 13.4. The zero-order chi connectivity index (χ0) is 25.4. The molecule has 1 aliphatic rings. The molecule has 1 atom stereocenters. The number of aliphatic hydroxyl groups is 1. The first-order valence-electron chi connectivity index (χ1n) is 11.8. The average molecular weight is 482 g/mol. The van der Waals surface area contributed by atoms with E-state index in [1.807, 2.05) is 74.4 Å². The molecule has 36 heavy (non-hydrogen) atoms. The lowest BCUT2D eigenvalue weighted by atomic mass is 9.94. The van der Waals surface area contributed by atoms with Crippen molar-refractivity contribution in [3.63, 3.8) is 0 Å². The number of hydrogen-bond donors (Lipinski definition) is 2. The zero-order valence-electron chi connectivity index (χ0n) is 20.4. The Labute approximate surface area is 209 Å². The number of Topliss-reactive ketones (excluding diaryl/α,β-unsaturated/α-hetero) is 1. The number of H-pyrrole nitrogens is 1. The van der Waals surface area contributed by atoms with Crippen molar-refractivity contribution < 1.29 is 19.4 Å². The molecule has 4 aromatic rings. The number of ketones is 1. The molecular weight excluding hydrogens is 454 g/mol. The van der Waals surface area contributed by atoms with Gasteiger partial charge in [0.15, 0.2) is 0 Å². The molecule has 0 spiro atoms. The third-order valence-electron chi connectivity index (χ3n) is 6.44. The van der Waals surface area contributed by atoms with Gasteiger partial charge in [0, 0.05) is 48.1 Å². The Bertz CT molecular complexity index is 1470. The van der Waals surface area contributed by atoms with Crippen LogP contribution in [0.3, 0.4) is 0 Å². The highest BCUT2D eigenvalue weighted by atomic mass is 16.5. The van der Waals surface area contributed by atoms with E-state index in [-0.39, 0.29) is 11.3 Å². The summed E-state index contributed by atoms with van der Waals surface area (Å²) in [4.78, 5) is 33.4. The normalized spacial score (nSPS) is 17.1. The summed E-state index contributed by atoms with van der Waals surface area (Å²) in [5.74, 6) is -0.958. The number of aromatic amines is 1. The van der Waals surface area contributed by atoms with Crippen molar-refractivity contribution >= 4 is 39.7 Å². The van der Waals surface area contributed by atoms with Gasteiger partial charge in [-0.3, -0.25) is 14.5 Å². The molecule has 7 nitrogen and oxygen atoms in total. The lowest BCUT2D eigenvalue weighted by Crippen LogP contribution is -2.29. The maximum Gasteiger partial charge on any atom is 0.300 e. The standard InChI is InChI=1S/C29H27N3O4/c1-4-36-21-15-13-20(14-16-21)32-26(18-9-11-19(12-10-18)31(2)3)25(28(34)29(32)35)27(33)23-17-30-24-8-6-5-7-22(23)24/h5-17,26,30,33H,4H2,1-3H3/b27-25-. The summed E-state index contributed by atoms with van der Waals surface area (Å²) >= 11 is 0. The summed E-state index contributed by atoms with van der Waals surface area (Å²) in [6, 6.07) is 21.4. The van der Waals surface area contributed by atoms with Crippen LogP contribution in [-0.4, -0.2) is 42.5 Å². The van der Waals surface area contributed by atoms with E-state index < -0.39 is 17.7 Å². The van der Waals surface area contributed by atoms with Gasteiger partial charge in [-0.2, -0.15) is 0 Å². The second-order valence-corrected chi connectivity index (χ2v) is 8.83. The molecule has 3 aromatic carbocycles. The van der Waals surface area contributed by atoms with Crippen LogP contribution >= 0.6 is 0 Å². The molecule has 0 bridgehead atoms. The van der Waals surface area contributed by atoms with Crippen molar-refractivity contribution in [1.29, 1.82) is 0 Å².